The van der Waals surface area contributed by atoms with E-state index in [1.54, 1.807) is 94.6 Å². The predicted molar refractivity (Wildman–Crippen MR) is 346 cm³/mol. The van der Waals surface area contributed by atoms with Gasteiger partial charge in [-0.2, -0.15) is 0 Å². The molecule has 4 aromatic carbocycles. The van der Waals surface area contributed by atoms with Gasteiger partial charge < -0.3 is 38.3 Å². The Bertz CT molecular complexity index is 4470. The van der Waals surface area contributed by atoms with Crippen LogP contribution in [0, 0.1) is 35.1 Å². The molecule has 0 saturated carbocycles. The molecule has 0 aliphatic carbocycles. The summed E-state index contributed by atoms with van der Waals surface area (Å²) in [6.07, 6.45) is 9.35. The summed E-state index contributed by atoms with van der Waals surface area (Å²) in [5.74, 6) is -1.90. The Hall–Kier alpha value is -10.5. The van der Waals surface area contributed by atoms with E-state index in [4.69, 9.17) is 42.1 Å². The van der Waals surface area contributed by atoms with Crippen molar-refractivity contribution in [2.75, 3.05) is 26.4 Å². The van der Waals surface area contributed by atoms with Crippen molar-refractivity contribution in [1.29, 1.82) is 0 Å². The van der Waals surface area contributed by atoms with Crippen LogP contribution in [0.1, 0.15) is 82.3 Å². The number of imidazole rings is 2. The highest BCUT2D eigenvalue weighted by Gasteiger charge is 2.22. The molecule has 0 amide bonds. The molecule has 22 nitrogen and oxygen atoms in total. The van der Waals surface area contributed by atoms with Gasteiger partial charge in [-0.25, -0.2) is 66.4 Å². The lowest BCUT2D eigenvalue weighted by Crippen LogP contribution is -2.13. The van der Waals surface area contributed by atoms with Crippen LogP contribution in [0.4, 0.5) is 17.6 Å². The maximum absolute atomic E-state index is 15.6. The predicted octanol–water partition coefficient (Wildman–Crippen LogP) is 13.1. The highest BCUT2D eigenvalue weighted by molar-refractivity contribution is 6.31. The number of aromatic carboxylic acids is 2. The van der Waals surface area contributed by atoms with Gasteiger partial charge in [-0.1, -0.05) is 73.5 Å². The minimum absolute atomic E-state index is 0.0349. The summed E-state index contributed by atoms with van der Waals surface area (Å²) in [6.45, 7) is 10.7. The Morgan fingerprint density at radius 3 is 1.32 bits per heavy atom. The molecule has 28 heteroatoms. The van der Waals surface area contributed by atoms with Gasteiger partial charge >= 0.3 is 11.9 Å². The van der Waals surface area contributed by atoms with E-state index in [0.29, 0.717) is 118 Å². The van der Waals surface area contributed by atoms with Crippen LogP contribution in [-0.4, -0.2) is 118 Å². The van der Waals surface area contributed by atoms with Gasteiger partial charge in [0, 0.05) is 98.1 Å². The molecule has 0 radical (unpaired) electrons. The zero-order chi connectivity index (χ0) is 67.6. The third kappa shape index (κ3) is 16.1. The van der Waals surface area contributed by atoms with Gasteiger partial charge in [-0.3, -0.25) is 0 Å². The van der Waals surface area contributed by atoms with Crippen LogP contribution in [0.15, 0.2) is 146 Å². The van der Waals surface area contributed by atoms with Gasteiger partial charge in [-0.15, -0.1) is 10.2 Å². The number of carboxylic acids is 2. The van der Waals surface area contributed by atoms with E-state index in [0.717, 1.165) is 24.3 Å². The number of hydrogen-bond donors (Lipinski definition) is 2. The number of pyridine rings is 4. The largest absolute Gasteiger partial charge is 0.478 e. The van der Waals surface area contributed by atoms with E-state index in [9.17, 15) is 19.8 Å². The lowest BCUT2D eigenvalue weighted by Gasteiger charge is -2.13. The maximum Gasteiger partial charge on any atom is 0.335 e. The average molecular weight is 1350 g/mol. The molecule has 0 fully saturated rings. The third-order valence-corrected chi connectivity index (χ3v) is 15.5. The summed E-state index contributed by atoms with van der Waals surface area (Å²) < 4.78 is 92.0. The van der Waals surface area contributed by atoms with Crippen LogP contribution >= 0.6 is 23.2 Å². The molecular formula is C68H60Cl2F4N14O8. The topological polar surface area (TPSA) is 260 Å². The van der Waals surface area contributed by atoms with Crippen molar-refractivity contribution >= 4 is 57.2 Å². The number of rotatable bonds is 26. The van der Waals surface area contributed by atoms with Gasteiger partial charge in [0.2, 0.25) is 11.8 Å². The highest BCUT2D eigenvalue weighted by atomic mass is 35.5. The molecule has 0 aliphatic heterocycles. The quantitative estimate of drug-likeness (QED) is 0.0377. The molecule has 8 heterocycles. The van der Waals surface area contributed by atoms with Crippen LogP contribution in [0.25, 0.3) is 56.2 Å². The summed E-state index contributed by atoms with van der Waals surface area (Å²) in [4.78, 5) is 49.9. The Kier molecular flexibility index (Phi) is 21.1. The van der Waals surface area contributed by atoms with Crippen LogP contribution in [0.2, 0.25) is 10.0 Å². The van der Waals surface area contributed by atoms with E-state index < -0.39 is 35.2 Å². The first kappa shape index (κ1) is 66.9. The van der Waals surface area contributed by atoms with Crippen molar-refractivity contribution in [3.63, 3.8) is 0 Å². The zero-order valence-corrected chi connectivity index (χ0v) is 53.5. The summed E-state index contributed by atoms with van der Waals surface area (Å²) in [6, 6.07) is 26.5. The number of fused-ring (bicyclic) bond motifs is 2. The molecule has 2 N–H and O–H groups in total. The van der Waals surface area contributed by atoms with Gasteiger partial charge in [0.1, 0.15) is 48.1 Å². The maximum atomic E-state index is 15.6. The number of aromatic nitrogens is 14. The van der Waals surface area contributed by atoms with Crippen molar-refractivity contribution in [3.8, 4) is 45.9 Å². The number of hydrogen-bond acceptors (Lipinski definition) is 16. The molecular weight excluding hydrogens is 1290 g/mol. The molecule has 8 aromatic heterocycles. The molecule has 12 rings (SSSR count). The fourth-order valence-corrected chi connectivity index (χ4v) is 10.5. The molecule has 0 atom stereocenters. The van der Waals surface area contributed by atoms with E-state index >= 15 is 17.6 Å². The second-order valence-corrected chi connectivity index (χ2v) is 23.6. The Morgan fingerprint density at radius 1 is 0.521 bits per heavy atom. The molecule has 0 spiro atoms. The van der Waals surface area contributed by atoms with E-state index in [1.165, 1.54) is 46.0 Å². The van der Waals surface area contributed by atoms with Gasteiger partial charge in [-0.05, 0) is 95.8 Å². The Morgan fingerprint density at radius 2 is 0.948 bits per heavy atom. The number of nitrogens with zero attached hydrogens (tertiary/aromatic N) is 14. The average Bonchev–Trinajstić information content (AvgIpc) is 1.62. The molecule has 492 valence electrons. The molecule has 0 aliphatic rings. The number of halogens is 6. The number of benzene rings is 4. The summed E-state index contributed by atoms with van der Waals surface area (Å²) >= 11 is 12.8. The van der Waals surface area contributed by atoms with Crippen molar-refractivity contribution in [2.24, 2.45) is 11.8 Å². The smallest absolute Gasteiger partial charge is 0.335 e. The second-order valence-electron chi connectivity index (χ2n) is 22.8. The van der Waals surface area contributed by atoms with Crippen molar-refractivity contribution in [3.05, 3.63) is 225 Å². The van der Waals surface area contributed by atoms with E-state index in [-0.39, 0.29) is 82.6 Å². The van der Waals surface area contributed by atoms with Gasteiger partial charge in [0.05, 0.1) is 92.6 Å². The van der Waals surface area contributed by atoms with Crippen molar-refractivity contribution in [1.82, 2.24) is 69.0 Å². The molecule has 0 bridgehead atoms. The van der Waals surface area contributed by atoms with Gasteiger partial charge in [0.15, 0.2) is 11.6 Å². The molecule has 12 aromatic rings. The Balaban J connectivity index is 0.000000195. The zero-order valence-electron chi connectivity index (χ0n) is 52.0. The number of carbonyl (C=O) groups is 2. The summed E-state index contributed by atoms with van der Waals surface area (Å²) in [7, 11) is 0. The van der Waals surface area contributed by atoms with Gasteiger partial charge in [0.25, 0.3) is 0 Å². The SMILES string of the molecule is CC(C)COCCn1c(Cc2cc(F)c(-c3cccc(OCc4cnc(-n5ccnn5)cc4Cl)n3)cc2F)nc2ccc(C(=O)O)cc21.CC(C)COCCn1c(Cc2cc(F)c(-c3cccc(OCc4cnc(-n5ccnn5)cc4Cl)n3)cc2F)nc2ccc(C(=O)O)cc21. The van der Waals surface area contributed by atoms with Crippen LogP contribution < -0.4 is 9.47 Å². The van der Waals surface area contributed by atoms with Crippen molar-refractivity contribution in [2.45, 2.75) is 66.8 Å². The normalized spacial score (nSPS) is 11.5. The summed E-state index contributed by atoms with van der Waals surface area (Å²) in [5.41, 5.74) is 4.03. The van der Waals surface area contributed by atoms with Crippen LogP contribution in [-0.2, 0) is 48.6 Å². The molecule has 0 saturated heterocycles. The fourth-order valence-electron chi connectivity index (χ4n) is 10.1. The lowest BCUT2D eigenvalue weighted by molar-refractivity contribution is 0.0686. The number of carboxylic acid groups (broad SMARTS) is 2. The molecule has 96 heavy (non-hydrogen) atoms. The van der Waals surface area contributed by atoms with Crippen molar-refractivity contribution < 1.29 is 56.3 Å². The highest BCUT2D eigenvalue weighted by Crippen LogP contribution is 2.32. The minimum atomic E-state index is -1.08. The second kappa shape index (κ2) is 30.2. The third-order valence-electron chi connectivity index (χ3n) is 14.8. The van der Waals surface area contributed by atoms with E-state index in [1.807, 2.05) is 27.7 Å². The lowest BCUT2D eigenvalue weighted by atomic mass is 10.0. The van der Waals surface area contributed by atoms with E-state index in [2.05, 4.69) is 50.5 Å². The first-order valence-electron chi connectivity index (χ1n) is 30.1. The number of ether oxygens (including phenoxy) is 4. The first-order valence-corrected chi connectivity index (χ1v) is 30.9. The first-order chi connectivity index (χ1) is 46.3. The minimum Gasteiger partial charge on any atom is -0.478 e. The standard InChI is InChI=1S/2C34H30ClF2N7O4/c2*1-20(2)18-47-11-10-43-30-13-21(34(45)46)6-7-29(30)40-32(43)14-22-12-27(37)24(15-26(22)36)28-4-3-5-33(41-28)48-19-23-17-38-31(16-25(23)35)44-9-8-39-42-44/h2*3-9,12-13,15-17,20H,10-11,14,18-19H2,1-2H3,(H,45,46). The molecule has 0 unspecified atom stereocenters. The monoisotopic (exact) mass is 1350 g/mol. The summed E-state index contributed by atoms with van der Waals surface area (Å²) in [5, 5.41) is 35.1. The Labute approximate surface area is 555 Å². The van der Waals surface area contributed by atoms with Crippen LogP contribution in [0.3, 0.4) is 0 Å². The van der Waals surface area contributed by atoms with Crippen LogP contribution in [0.5, 0.6) is 11.8 Å². The fraction of sp³-hybridized carbons (Fsp3) is 0.235.